The first-order valence-electron chi connectivity index (χ1n) is 6.38. The molecule has 1 atom stereocenters. The zero-order valence-electron chi connectivity index (χ0n) is 11.2. The summed E-state index contributed by atoms with van der Waals surface area (Å²) in [7, 11) is 0. The van der Waals surface area contributed by atoms with Gasteiger partial charge in [0.1, 0.15) is 10.6 Å². The summed E-state index contributed by atoms with van der Waals surface area (Å²) in [6.07, 6.45) is 1.57. The Labute approximate surface area is 130 Å². The zero-order chi connectivity index (χ0) is 15.0. The molecule has 1 unspecified atom stereocenters. The molecule has 3 N–H and O–H groups in total. The van der Waals surface area contributed by atoms with Crippen molar-refractivity contribution in [1.29, 1.82) is 0 Å². The van der Waals surface area contributed by atoms with Crippen molar-refractivity contribution in [3.8, 4) is 0 Å². The van der Waals surface area contributed by atoms with Gasteiger partial charge in [0, 0.05) is 10.1 Å². The number of hydrogen-bond donors (Lipinski definition) is 2. The normalized spacial score (nSPS) is 12.5. The Hall–Kier alpha value is -1.98. The standard InChI is InChI=1S/C15H13ClN2O2S/c1-8(10-5-3-7-20-10)18-15(19)14-13(17)12-9(16)4-2-6-11(12)21-14/h2-8H,17H2,1H3,(H,18,19). The minimum atomic E-state index is -0.229. The number of hydrogen-bond acceptors (Lipinski definition) is 4. The van der Waals surface area contributed by atoms with Crippen LogP contribution in [0.4, 0.5) is 5.69 Å². The number of nitrogen functional groups attached to an aromatic ring is 1. The molecule has 4 nitrogen and oxygen atoms in total. The van der Waals surface area contributed by atoms with Gasteiger partial charge < -0.3 is 15.5 Å². The molecule has 0 aliphatic carbocycles. The number of thiophene rings is 1. The highest BCUT2D eigenvalue weighted by atomic mass is 35.5. The van der Waals surface area contributed by atoms with Crippen molar-refractivity contribution in [1.82, 2.24) is 5.32 Å². The highest BCUT2D eigenvalue weighted by Gasteiger charge is 2.20. The van der Waals surface area contributed by atoms with Gasteiger partial charge in [0.25, 0.3) is 5.91 Å². The van der Waals surface area contributed by atoms with Gasteiger partial charge in [-0.15, -0.1) is 11.3 Å². The largest absolute Gasteiger partial charge is 0.467 e. The molecule has 0 spiro atoms. The number of fused-ring (bicyclic) bond motifs is 1. The van der Waals surface area contributed by atoms with Crippen molar-refractivity contribution in [2.75, 3.05) is 5.73 Å². The molecule has 1 aromatic carbocycles. The number of furan rings is 1. The smallest absolute Gasteiger partial charge is 0.264 e. The molecule has 6 heteroatoms. The maximum absolute atomic E-state index is 12.4. The van der Waals surface area contributed by atoms with Gasteiger partial charge in [-0.1, -0.05) is 17.7 Å². The quantitative estimate of drug-likeness (QED) is 0.759. The molecule has 1 amide bonds. The van der Waals surface area contributed by atoms with Crippen LogP contribution in [-0.2, 0) is 0 Å². The van der Waals surface area contributed by atoms with Crippen LogP contribution in [0.1, 0.15) is 28.4 Å². The van der Waals surface area contributed by atoms with E-state index < -0.39 is 0 Å². The van der Waals surface area contributed by atoms with Crippen molar-refractivity contribution in [2.24, 2.45) is 0 Å². The third-order valence-electron chi connectivity index (χ3n) is 3.23. The van der Waals surface area contributed by atoms with Crippen molar-refractivity contribution in [3.05, 3.63) is 52.3 Å². The Bertz CT molecular complexity index is 795. The summed E-state index contributed by atoms with van der Waals surface area (Å²) in [6.45, 7) is 1.85. The summed E-state index contributed by atoms with van der Waals surface area (Å²) < 4.78 is 6.18. The number of halogens is 1. The van der Waals surface area contributed by atoms with Crippen LogP contribution in [0.5, 0.6) is 0 Å². The third-order valence-corrected chi connectivity index (χ3v) is 4.71. The van der Waals surface area contributed by atoms with Crippen molar-refractivity contribution < 1.29 is 9.21 Å². The molecule has 3 rings (SSSR count). The van der Waals surface area contributed by atoms with Crippen molar-refractivity contribution in [3.63, 3.8) is 0 Å². The third kappa shape index (κ3) is 2.50. The molecule has 0 fully saturated rings. The number of carbonyl (C=O) groups is 1. The lowest BCUT2D eigenvalue weighted by atomic mass is 10.2. The molecular formula is C15H13ClN2O2S. The highest BCUT2D eigenvalue weighted by Crippen LogP contribution is 2.38. The van der Waals surface area contributed by atoms with Crippen LogP contribution >= 0.6 is 22.9 Å². The van der Waals surface area contributed by atoms with E-state index in [0.717, 1.165) is 10.1 Å². The van der Waals surface area contributed by atoms with Gasteiger partial charge in [-0.25, -0.2) is 0 Å². The number of amides is 1. The van der Waals surface area contributed by atoms with Crippen molar-refractivity contribution >= 4 is 44.6 Å². The average Bonchev–Trinajstić information content (AvgIpc) is 3.07. The second kappa shape index (κ2) is 5.42. The van der Waals surface area contributed by atoms with Crippen LogP contribution in [0.25, 0.3) is 10.1 Å². The summed E-state index contributed by atoms with van der Waals surface area (Å²) in [5, 5.41) is 4.17. The van der Waals surface area contributed by atoms with Gasteiger partial charge in [-0.3, -0.25) is 4.79 Å². The SMILES string of the molecule is CC(NC(=O)c1sc2cccc(Cl)c2c1N)c1ccco1. The first-order valence-corrected chi connectivity index (χ1v) is 7.58. The molecule has 21 heavy (non-hydrogen) atoms. The molecule has 2 heterocycles. The van der Waals surface area contributed by atoms with Crippen LogP contribution in [0.3, 0.4) is 0 Å². The second-order valence-electron chi connectivity index (χ2n) is 4.67. The van der Waals surface area contributed by atoms with E-state index in [0.29, 0.717) is 21.3 Å². The molecule has 0 saturated heterocycles. The molecule has 0 aliphatic rings. The fourth-order valence-electron chi connectivity index (χ4n) is 2.17. The van der Waals surface area contributed by atoms with E-state index in [2.05, 4.69) is 5.32 Å². The summed E-state index contributed by atoms with van der Waals surface area (Å²) >= 11 is 7.48. The monoisotopic (exact) mass is 320 g/mol. The predicted molar refractivity (Wildman–Crippen MR) is 85.8 cm³/mol. The maximum Gasteiger partial charge on any atom is 0.264 e. The maximum atomic E-state index is 12.4. The molecule has 3 aromatic rings. The minimum Gasteiger partial charge on any atom is -0.467 e. The predicted octanol–water partition coefficient (Wildman–Crippen LogP) is 4.22. The van der Waals surface area contributed by atoms with Crippen LogP contribution in [0.2, 0.25) is 5.02 Å². The Morgan fingerprint density at radius 2 is 2.19 bits per heavy atom. The lowest BCUT2D eigenvalue weighted by Crippen LogP contribution is -2.26. The Morgan fingerprint density at radius 3 is 2.86 bits per heavy atom. The lowest BCUT2D eigenvalue weighted by molar-refractivity contribution is 0.0940. The first-order chi connectivity index (χ1) is 10.1. The van der Waals surface area contributed by atoms with Crippen molar-refractivity contribution in [2.45, 2.75) is 13.0 Å². The Kier molecular flexibility index (Phi) is 3.61. The topological polar surface area (TPSA) is 68.3 Å². The van der Waals surface area contributed by atoms with Gasteiger partial charge in [0.2, 0.25) is 0 Å². The van der Waals surface area contributed by atoms with Crippen LogP contribution in [0.15, 0.2) is 41.0 Å². The van der Waals surface area contributed by atoms with Crippen LogP contribution in [-0.4, -0.2) is 5.91 Å². The zero-order valence-corrected chi connectivity index (χ0v) is 12.8. The van der Waals surface area contributed by atoms with Gasteiger partial charge >= 0.3 is 0 Å². The summed E-state index contributed by atoms with van der Waals surface area (Å²) in [4.78, 5) is 12.9. The summed E-state index contributed by atoms with van der Waals surface area (Å²) in [6, 6.07) is 8.87. The van der Waals surface area contributed by atoms with E-state index in [1.54, 1.807) is 18.4 Å². The highest BCUT2D eigenvalue weighted by molar-refractivity contribution is 7.21. The Balaban J connectivity index is 1.92. The lowest BCUT2D eigenvalue weighted by Gasteiger charge is -2.10. The summed E-state index contributed by atoms with van der Waals surface area (Å²) in [5.74, 6) is 0.467. The number of anilines is 1. The molecule has 0 saturated carbocycles. The van der Waals surface area contributed by atoms with E-state index in [-0.39, 0.29) is 11.9 Å². The molecule has 0 radical (unpaired) electrons. The fraction of sp³-hybridized carbons (Fsp3) is 0.133. The molecule has 0 bridgehead atoms. The van der Waals surface area contributed by atoms with E-state index in [9.17, 15) is 4.79 Å². The fourth-order valence-corrected chi connectivity index (χ4v) is 3.55. The van der Waals surface area contributed by atoms with E-state index in [1.165, 1.54) is 11.3 Å². The number of nitrogens with one attached hydrogen (secondary N) is 1. The van der Waals surface area contributed by atoms with E-state index >= 15 is 0 Å². The molecule has 108 valence electrons. The van der Waals surface area contributed by atoms with Crippen LogP contribution in [0, 0.1) is 0 Å². The summed E-state index contributed by atoms with van der Waals surface area (Å²) in [5.41, 5.74) is 6.50. The number of nitrogens with two attached hydrogens (primary N) is 1. The number of rotatable bonds is 3. The van der Waals surface area contributed by atoms with Gasteiger partial charge in [0.05, 0.1) is 23.0 Å². The second-order valence-corrected chi connectivity index (χ2v) is 6.13. The average molecular weight is 321 g/mol. The molecule has 2 aromatic heterocycles. The molecule has 0 aliphatic heterocycles. The van der Waals surface area contributed by atoms with Gasteiger partial charge in [-0.05, 0) is 31.2 Å². The first kappa shape index (κ1) is 14.0. The van der Waals surface area contributed by atoms with E-state index in [1.807, 2.05) is 25.1 Å². The van der Waals surface area contributed by atoms with Crippen LogP contribution < -0.4 is 11.1 Å². The number of carbonyl (C=O) groups excluding carboxylic acids is 1. The number of benzene rings is 1. The minimum absolute atomic E-state index is 0.228. The Morgan fingerprint density at radius 1 is 1.38 bits per heavy atom. The van der Waals surface area contributed by atoms with Gasteiger partial charge in [0.15, 0.2) is 0 Å². The van der Waals surface area contributed by atoms with Gasteiger partial charge in [-0.2, -0.15) is 0 Å². The van der Waals surface area contributed by atoms with E-state index in [4.69, 9.17) is 21.8 Å². The molecular weight excluding hydrogens is 308 g/mol.